The van der Waals surface area contributed by atoms with Crippen molar-refractivity contribution in [2.75, 3.05) is 14.1 Å². The topological polar surface area (TPSA) is 20.3 Å². The second kappa shape index (κ2) is 5.40. The lowest BCUT2D eigenvalue weighted by Crippen LogP contribution is -2.08. The van der Waals surface area contributed by atoms with Gasteiger partial charge in [-0.1, -0.05) is 35.9 Å². The zero-order valence-corrected chi connectivity index (χ0v) is 11.3. The molecule has 0 saturated carbocycles. The van der Waals surface area contributed by atoms with E-state index in [1.807, 2.05) is 25.1 Å². The average molecular weight is 262 g/mol. The van der Waals surface area contributed by atoms with E-state index in [1.54, 1.807) is 18.2 Å². The predicted molar refractivity (Wildman–Crippen MR) is 74.8 cm³/mol. The molecule has 1 unspecified atom stereocenters. The Morgan fingerprint density at radius 3 is 2.78 bits per heavy atom. The number of allylic oxidation sites excluding steroid dienone is 3. The number of likely N-dealkylation sites (N-methyl/N-ethyl adjacent to an activating group) is 1. The van der Waals surface area contributed by atoms with Crippen molar-refractivity contribution >= 4 is 17.4 Å². The van der Waals surface area contributed by atoms with Crippen molar-refractivity contribution in [3.05, 3.63) is 58.8 Å². The summed E-state index contributed by atoms with van der Waals surface area (Å²) in [5.74, 6) is 0.317. The smallest absolute Gasteiger partial charge is 0.163 e. The van der Waals surface area contributed by atoms with E-state index in [2.05, 4.69) is 18.2 Å². The molecule has 0 bridgehead atoms. The van der Waals surface area contributed by atoms with Crippen LogP contribution in [-0.2, 0) is 0 Å². The van der Waals surface area contributed by atoms with Crippen LogP contribution >= 0.6 is 11.6 Å². The van der Waals surface area contributed by atoms with E-state index in [-0.39, 0.29) is 11.7 Å². The molecule has 1 aliphatic carbocycles. The Labute approximate surface area is 113 Å². The Hall–Kier alpha value is -1.54. The Morgan fingerprint density at radius 1 is 1.39 bits per heavy atom. The molecular weight excluding hydrogens is 246 g/mol. The quantitative estimate of drug-likeness (QED) is 0.773. The second-order valence-electron chi connectivity index (χ2n) is 4.65. The molecule has 94 valence electrons. The number of rotatable bonds is 4. The molecular formula is C15H16ClNO. The van der Waals surface area contributed by atoms with Gasteiger partial charge in [-0.3, -0.25) is 4.79 Å². The largest absolute Gasteiger partial charge is 0.378 e. The SMILES string of the molecule is CN(C)C1=CC(CC(=O)c2cccc(Cl)c2)C=C1. The molecule has 1 aromatic carbocycles. The van der Waals surface area contributed by atoms with Crippen LogP contribution in [0, 0.1) is 5.92 Å². The highest BCUT2D eigenvalue weighted by atomic mass is 35.5. The van der Waals surface area contributed by atoms with Crippen LogP contribution in [0.1, 0.15) is 16.8 Å². The molecule has 0 aliphatic heterocycles. The Balaban J connectivity index is 2.04. The van der Waals surface area contributed by atoms with Crippen LogP contribution in [0.2, 0.25) is 5.02 Å². The molecule has 0 radical (unpaired) electrons. The van der Waals surface area contributed by atoms with E-state index in [1.165, 1.54) is 0 Å². The number of ketones is 1. The Bertz CT molecular complexity index is 517. The highest BCUT2D eigenvalue weighted by Crippen LogP contribution is 2.22. The molecule has 1 atom stereocenters. The van der Waals surface area contributed by atoms with E-state index in [0.717, 1.165) is 5.70 Å². The summed E-state index contributed by atoms with van der Waals surface area (Å²) >= 11 is 5.89. The molecule has 0 fully saturated rings. The molecule has 0 amide bonds. The fourth-order valence-corrected chi connectivity index (χ4v) is 2.16. The van der Waals surface area contributed by atoms with E-state index < -0.39 is 0 Å². The number of carbonyl (C=O) groups is 1. The number of benzene rings is 1. The number of nitrogens with zero attached hydrogens (tertiary/aromatic N) is 1. The van der Waals surface area contributed by atoms with Gasteiger partial charge in [-0.25, -0.2) is 0 Å². The second-order valence-corrected chi connectivity index (χ2v) is 5.08. The first-order valence-electron chi connectivity index (χ1n) is 5.92. The molecule has 0 aromatic heterocycles. The van der Waals surface area contributed by atoms with E-state index in [0.29, 0.717) is 17.0 Å². The van der Waals surface area contributed by atoms with Crippen molar-refractivity contribution in [1.29, 1.82) is 0 Å². The third kappa shape index (κ3) is 3.02. The van der Waals surface area contributed by atoms with Crippen LogP contribution in [0.3, 0.4) is 0 Å². The number of carbonyl (C=O) groups excluding carboxylic acids is 1. The fraction of sp³-hybridized carbons (Fsp3) is 0.267. The van der Waals surface area contributed by atoms with E-state index >= 15 is 0 Å². The monoisotopic (exact) mass is 261 g/mol. The standard InChI is InChI=1S/C15H16ClNO/c1-17(2)14-7-6-11(8-14)9-15(18)12-4-3-5-13(16)10-12/h3-8,10-11H,9H2,1-2H3. The summed E-state index contributed by atoms with van der Waals surface area (Å²) in [6.45, 7) is 0. The molecule has 2 nitrogen and oxygen atoms in total. The van der Waals surface area contributed by atoms with Gasteiger partial charge in [-0.05, 0) is 18.2 Å². The summed E-state index contributed by atoms with van der Waals surface area (Å²) in [6.07, 6.45) is 6.73. The van der Waals surface area contributed by atoms with Crippen LogP contribution in [0.4, 0.5) is 0 Å². The van der Waals surface area contributed by atoms with Crippen molar-refractivity contribution in [2.24, 2.45) is 5.92 Å². The zero-order valence-electron chi connectivity index (χ0n) is 10.6. The van der Waals surface area contributed by atoms with Gasteiger partial charge < -0.3 is 4.90 Å². The van der Waals surface area contributed by atoms with Crippen molar-refractivity contribution in [2.45, 2.75) is 6.42 Å². The van der Waals surface area contributed by atoms with Gasteiger partial charge in [-0.15, -0.1) is 0 Å². The van der Waals surface area contributed by atoms with Crippen molar-refractivity contribution in [1.82, 2.24) is 4.90 Å². The van der Waals surface area contributed by atoms with Crippen molar-refractivity contribution < 1.29 is 4.79 Å². The minimum absolute atomic E-state index is 0.128. The van der Waals surface area contributed by atoms with Gasteiger partial charge >= 0.3 is 0 Å². The summed E-state index contributed by atoms with van der Waals surface area (Å²) < 4.78 is 0. The molecule has 2 rings (SSSR count). The van der Waals surface area contributed by atoms with Gasteiger partial charge in [0.15, 0.2) is 5.78 Å². The predicted octanol–water partition coefficient (Wildman–Crippen LogP) is 3.54. The fourth-order valence-electron chi connectivity index (χ4n) is 1.97. The first-order valence-corrected chi connectivity index (χ1v) is 6.30. The summed E-state index contributed by atoms with van der Waals surface area (Å²) in [4.78, 5) is 14.1. The van der Waals surface area contributed by atoms with Gasteiger partial charge in [0.2, 0.25) is 0 Å². The van der Waals surface area contributed by atoms with Gasteiger partial charge in [0, 0.05) is 42.7 Å². The summed E-state index contributed by atoms with van der Waals surface area (Å²) in [6, 6.07) is 7.11. The molecule has 0 heterocycles. The average Bonchev–Trinajstić information content (AvgIpc) is 2.77. The highest BCUT2D eigenvalue weighted by Gasteiger charge is 2.16. The van der Waals surface area contributed by atoms with Crippen LogP contribution < -0.4 is 0 Å². The van der Waals surface area contributed by atoms with E-state index in [9.17, 15) is 4.79 Å². The first kappa shape index (κ1) is 12.9. The maximum atomic E-state index is 12.1. The molecule has 0 saturated heterocycles. The number of Topliss-reactive ketones (excluding diaryl/α,β-unsaturated/α-hetero) is 1. The normalized spacial score (nSPS) is 17.7. The van der Waals surface area contributed by atoms with Crippen LogP contribution in [-0.4, -0.2) is 24.8 Å². The van der Waals surface area contributed by atoms with Gasteiger partial charge in [-0.2, -0.15) is 0 Å². The van der Waals surface area contributed by atoms with Gasteiger partial charge in [0.05, 0.1) is 0 Å². The summed E-state index contributed by atoms with van der Waals surface area (Å²) in [7, 11) is 3.99. The number of hydrogen-bond donors (Lipinski definition) is 0. The maximum absolute atomic E-state index is 12.1. The van der Waals surface area contributed by atoms with Crippen molar-refractivity contribution in [3.63, 3.8) is 0 Å². The maximum Gasteiger partial charge on any atom is 0.163 e. The minimum Gasteiger partial charge on any atom is -0.378 e. The van der Waals surface area contributed by atoms with Crippen molar-refractivity contribution in [3.8, 4) is 0 Å². The Kier molecular flexibility index (Phi) is 3.87. The lowest BCUT2D eigenvalue weighted by molar-refractivity contribution is 0.0975. The minimum atomic E-state index is 0.128. The summed E-state index contributed by atoms with van der Waals surface area (Å²) in [5, 5.41) is 0.604. The molecule has 1 aliphatic rings. The Morgan fingerprint density at radius 2 is 2.17 bits per heavy atom. The highest BCUT2D eigenvalue weighted by molar-refractivity contribution is 6.31. The number of hydrogen-bond acceptors (Lipinski definition) is 2. The molecule has 0 N–H and O–H groups in total. The van der Waals surface area contributed by atoms with Crippen LogP contribution in [0.15, 0.2) is 48.2 Å². The zero-order chi connectivity index (χ0) is 13.1. The molecule has 0 spiro atoms. The van der Waals surface area contributed by atoms with Crippen LogP contribution in [0.5, 0.6) is 0 Å². The third-order valence-corrected chi connectivity index (χ3v) is 3.22. The molecule has 18 heavy (non-hydrogen) atoms. The van der Waals surface area contributed by atoms with Gasteiger partial charge in [0.25, 0.3) is 0 Å². The first-order chi connectivity index (χ1) is 8.56. The lowest BCUT2D eigenvalue weighted by atomic mass is 9.99. The molecule has 1 aromatic rings. The molecule has 3 heteroatoms. The van der Waals surface area contributed by atoms with Crippen LogP contribution in [0.25, 0.3) is 0 Å². The van der Waals surface area contributed by atoms with Gasteiger partial charge in [0.1, 0.15) is 0 Å². The third-order valence-electron chi connectivity index (χ3n) is 2.98. The summed E-state index contributed by atoms with van der Waals surface area (Å²) in [5.41, 5.74) is 1.83. The number of halogens is 1. The lowest BCUT2D eigenvalue weighted by Gasteiger charge is -2.11. The van der Waals surface area contributed by atoms with E-state index in [4.69, 9.17) is 11.6 Å².